The summed E-state index contributed by atoms with van der Waals surface area (Å²) in [5.74, 6) is -0.933. The number of nitrogens with one attached hydrogen (secondary N) is 1. The fourth-order valence-corrected chi connectivity index (χ4v) is 2.47. The number of aromatic carboxylic acids is 1. The molecule has 2 N–H and O–H groups in total. The maximum absolute atomic E-state index is 11.8. The quantitative estimate of drug-likeness (QED) is 0.837. The molecule has 0 radical (unpaired) electrons. The Hall–Kier alpha value is -2.11. The molecule has 1 aliphatic rings. The van der Waals surface area contributed by atoms with Crippen molar-refractivity contribution in [1.29, 1.82) is 0 Å². The molecule has 1 aromatic heterocycles. The van der Waals surface area contributed by atoms with Crippen LogP contribution >= 0.6 is 0 Å². The van der Waals surface area contributed by atoms with Crippen molar-refractivity contribution >= 4 is 11.9 Å². The van der Waals surface area contributed by atoms with Gasteiger partial charge in [0.05, 0.1) is 19.2 Å². The van der Waals surface area contributed by atoms with E-state index in [2.05, 4.69) is 10.3 Å². The highest BCUT2D eigenvalue weighted by molar-refractivity contribution is 5.90. The van der Waals surface area contributed by atoms with Crippen LogP contribution < -0.4 is 10.1 Å². The minimum absolute atomic E-state index is 0.0531. The van der Waals surface area contributed by atoms with Crippen molar-refractivity contribution < 1.29 is 19.4 Å². The summed E-state index contributed by atoms with van der Waals surface area (Å²) >= 11 is 0. The van der Waals surface area contributed by atoms with E-state index in [0.717, 1.165) is 12.8 Å². The maximum Gasteiger partial charge on any atom is 0.339 e. The molecule has 0 aliphatic heterocycles. The molecule has 6 nitrogen and oxygen atoms in total. The zero-order valence-corrected chi connectivity index (χ0v) is 11.9. The van der Waals surface area contributed by atoms with Crippen LogP contribution in [0.2, 0.25) is 0 Å². The van der Waals surface area contributed by atoms with Gasteiger partial charge in [-0.05, 0) is 18.9 Å². The van der Waals surface area contributed by atoms with Crippen LogP contribution in [-0.4, -0.2) is 34.6 Å². The smallest absolute Gasteiger partial charge is 0.339 e. The summed E-state index contributed by atoms with van der Waals surface area (Å²) in [6, 6.07) is 1.65. The Morgan fingerprint density at radius 3 is 2.81 bits per heavy atom. The highest BCUT2D eigenvalue weighted by Gasteiger charge is 2.16. The Kier molecular flexibility index (Phi) is 5.54. The summed E-state index contributed by atoms with van der Waals surface area (Å²) in [6.07, 6.45) is 8.61. The summed E-state index contributed by atoms with van der Waals surface area (Å²) < 4.78 is 5.35. The fraction of sp³-hybridized carbons (Fsp3) is 0.533. The molecule has 6 heteroatoms. The van der Waals surface area contributed by atoms with E-state index in [1.54, 1.807) is 0 Å². The Morgan fingerprint density at radius 1 is 1.33 bits per heavy atom. The van der Waals surface area contributed by atoms with Gasteiger partial charge in [0.25, 0.3) is 0 Å². The molecule has 0 aromatic carbocycles. The molecule has 0 spiro atoms. The van der Waals surface area contributed by atoms with Gasteiger partial charge in [-0.1, -0.05) is 19.3 Å². The molecular weight excluding hydrogens is 272 g/mol. The molecule has 0 atom stereocenters. The van der Waals surface area contributed by atoms with E-state index in [4.69, 9.17) is 9.84 Å². The number of aromatic nitrogens is 1. The molecule has 21 heavy (non-hydrogen) atoms. The number of carboxylic acid groups (broad SMARTS) is 1. The van der Waals surface area contributed by atoms with Crippen LogP contribution in [-0.2, 0) is 4.79 Å². The molecule has 1 heterocycles. The zero-order valence-electron chi connectivity index (χ0n) is 11.9. The highest BCUT2D eigenvalue weighted by Crippen LogP contribution is 2.18. The Balaban J connectivity index is 1.76. The van der Waals surface area contributed by atoms with Gasteiger partial charge in [-0.2, -0.15) is 0 Å². The number of ether oxygens (including phenoxy) is 1. The van der Waals surface area contributed by atoms with Gasteiger partial charge in [0.2, 0.25) is 5.91 Å². The summed E-state index contributed by atoms with van der Waals surface area (Å²) in [5.41, 5.74) is 0.0534. The van der Waals surface area contributed by atoms with Crippen LogP contribution in [0.25, 0.3) is 0 Å². The lowest BCUT2D eigenvalue weighted by Crippen LogP contribution is -2.36. The predicted octanol–water partition coefficient (Wildman–Crippen LogP) is 2.00. The summed E-state index contributed by atoms with van der Waals surface area (Å²) in [5, 5.41) is 12.0. The fourth-order valence-electron chi connectivity index (χ4n) is 2.47. The number of carbonyl (C=O) groups is 2. The predicted molar refractivity (Wildman–Crippen MR) is 76.3 cm³/mol. The second kappa shape index (κ2) is 7.61. The summed E-state index contributed by atoms with van der Waals surface area (Å²) in [7, 11) is 0. The first-order valence-corrected chi connectivity index (χ1v) is 7.26. The van der Waals surface area contributed by atoms with E-state index in [9.17, 15) is 9.59 Å². The van der Waals surface area contributed by atoms with Crippen LogP contribution in [0.3, 0.4) is 0 Å². The number of nitrogens with zero attached hydrogens (tertiary/aromatic N) is 1. The molecule has 1 aromatic rings. The third-order valence-corrected chi connectivity index (χ3v) is 3.57. The number of hydrogen-bond acceptors (Lipinski definition) is 4. The molecule has 0 unspecified atom stereocenters. The lowest BCUT2D eigenvalue weighted by atomic mass is 9.95. The topological polar surface area (TPSA) is 88.5 Å². The highest BCUT2D eigenvalue weighted by atomic mass is 16.5. The second-order valence-corrected chi connectivity index (χ2v) is 5.18. The van der Waals surface area contributed by atoms with Gasteiger partial charge in [0.15, 0.2) is 5.75 Å². The molecule has 0 bridgehead atoms. The Bertz CT molecular complexity index is 498. The normalized spacial score (nSPS) is 15.4. The van der Waals surface area contributed by atoms with Crippen molar-refractivity contribution in [3.05, 3.63) is 24.0 Å². The van der Waals surface area contributed by atoms with Gasteiger partial charge < -0.3 is 15.2 Å². The van der Waals surface area contributed by atoms with Gasteiger partial charge in [-0.25, -0.2) is 4.79 Å². The number of hydrogen-bond donors (Lipinski definition) is 2. The van der Waals surface area contributed by atoms with Crippen molar-refractivity contribution in [2.24, 2.45) is 0 Å². The lowest BCUT2D eigenvalue weighted by Gasteiger charge is -2.22. The monoisotopic (exact) mass is 292 g/mol. The van der Waals surface area contributed by atoms with Gasteiger partial charge in [0, 0.05) is 12.2 Å². The van der Waals surface area contributed by atoms with Crippen LogP contribution in [0.15, 0.2) is 18.5 Å². The number of amides is 1. The standard InChI is InChI=1S/C15H20N2O4/c18-14(17-11-4-2-1-3-5-11)7-9-21-13-10-16-8-6-12(13)15(19)20/h6,8,10-11H,1-5,7,9H2,(H,17,18)(H,19,20). The van der Waals surface area contributed by atoms with Crippen molar-refractivity contribution in [2.45, 2.75) is 44.6 Å². The second-order valence-electron chi connectivity index (χ2n) is 5.18. The number of carbonyl (C=O) groups excluding carboxylic acids is 1. The number of rotatable bonds is 6. The molecule has 1 fully saturated rings. The van der Waals surface area contributed by atoms with Crippen LogP contribution in [0, 0.1) is 0 Å². The largest absolute Gasteiger partial charge is 0.491 e. The molecule has 0 saturated heterocycles. The zero-order chi connectivity index (χ0) is 15.1. The number of carboxylic acids is 1. The average Bonchev–Trinajstić information content (AvgIpc) is 2.48. The van der Waals surface area contributed by atoms with E-state index in [0.29, 0.717) is 0 Å². The molecule has 1 amide bonds. The van der Waals surface area contributed by atoms with E-state index in [1.165, 1.54) is 37.7 Å². The van der Waals surface area contributed by atoms with Crippen molar-refractivity contribution in [3.63, 3.8) is 0 Å². The van der Waals surface area contributed by atoms with Gasteiger partial charge in [-0.15, -0.1) is 0 Å². The third kappa shape index (κ3) is 4.73. The molecule has 114 valence electrons. The van der Waals surface area contributed by atoms with E-state index >= 15 is 0 Å². The minimum Gasteiger partial charge on any atom is -0.491 e. The van der Waals surface area contributed by atoms with E-state index in [-0.39, 0.29) is 36.3 Å². The van der Waals surface area contributed by atoms with Gasteiger partial charge in [0.1, 0.15) is 5.56 Å². The van der Waals surface area contributed by atoms with Crippen LogP contribution in [0.4, 0.5) is 0 Å². The minimum atomic E-state index is -1.07. The van der Waals surface area contributed by atoms with Crippen molar-refractivity contribution in [2.75, 3.05) is 6.61 Å². The Labute approximate surface area is 123 Å². The van der Waals surface area contributed by atoms with Crippen LogP contribution in [0.5, 0.6) is 5.75 Å². The molecule has 1 aliphatic carbocycles. The first-order valence-electron chi connectivity index (χ1n) is 7.26. The molecular formula is C15H20N2O4. The van der Waals surface area contributed by atoms with Crippen LogP contribution in [0.1, 0.15) is 48.9 Å². The van der Waals surface area contributed by atoms with E-state index in [1.807, 2.05) is 0 Å². The summed E-state index contributed by atoms with van der Waals surface area (Å²) in [4.78, 5) is 26.6. The van der Waals surface area contributed by atoms with Gasteiger partial charge in [-0.3, -0.25) is 9.78 Å². The SMILES string of the molecule is O=C(CCOc1cnccc1C(=O)O)NC1CCCCC1. The average molecular weight is 292 g/mol. The summed E-state index contributed by atoms with van der Waals surface area (Å²) in [6.45, 7) is 0.143. The van der Waals surface area contributed by atoms with E-state index < -0.39 is 5.97 Å². The van der Waals surface area contributed by atoms with Crippen molar-refractivity contribution in [1.82, 2.24) is 10.3 Å². The first kappa shape index (κ1) is 15.3. The lowest BCUT2D eigenvalue weighted by molar-refractivity contribution is -0.122. The maximum atomic E-state index is 11.8. The first-order chi connectivity index (χ1) is 10.2. The Morgan fingerprint density at radius 2 is 2.10 bits per heavy atom. The third-order valence-electron chi connectivity index (χ3n) is 3.57. The number of pyridine rings is 1. The molecule has 2 rings (SSSR count). The van der Waals surface area contributed by atoms with Crippen molar-refractivity contribution in [3.8, 4) is 5.75 Å². The van der Waals surface area contributed by atoms with Gasteiger partial charge >= 0.3 is 5.97 Å². The molecule has 1 saturated carbocycles.